The van der Waals surface area contributed by atoms with E-state index in [2.05, 4.69) is 55.5 Å². The fraction of sp³-hybridized carbons (Fsp3) is 0.0385. The molecule has 3 aromatic rings. The molecule has 0 spiro atoms. The van der Waals surface area contributed by atoms with Crippen molar-refractivity contribution in [3.05, 3.63) is 132 Å². The van der Waals surface area contributed by atoms with Gasteiger partial charge in [0.05, 0.1) is 0 Å². The summed E-state index contributed by atoms with van der Waals surface area (Å²) in [5.74, 6) is 0.0452. The summed E-state index contributed by atoms with van der Waals surface area (Å²) in [6, 6.07) is 26.7. The van der Waals surface area contributed by atoms with E-state index in [1.165, 1.54) is 16.7 Å². The van der Waals surface area contributed by atoms with Crippen LogP contribution >= 0.6 is 0 Å². The Kier molecular flexibility index (Phi) is 8.42. The molecule has 2 heteroatoms. The molecule has 0 bridgehead atoms. The monoisotopic (exact) mass is 406 g/mol. The van der Waals surface area contributed by atoms with Crippen molar-refractivity contribution in [1.29, 1.82) is 0 Å². The summed E-state index contributed by atoms with van der Waals surface area (Å²) in [5.41, 5.74) is 5.70. The second-order valence-electron chi connectivity index (χ2n) is 6.32. The van der Waals surface area contributed by atoms with Crippen LogP contribution in [0.15, 0.2) is 121 Å². The predicted molar refractivity (Wildman–Crippen MR) is 113 cm³/mol. The Hall–Kier alpha value is -2.93. The van der Waals surface area contributed by atoms with Gasteiger partial charge in [0, 0.05) is 0 Å². The zero-order chi connectivity index (χ0) is 18.9. The van der Waals surface area contributed by atoms with Gasteiger partial charge in [-0.25, -0.2) is 0 Å². The number of rotatable bonds is 3. The van der Waals surface area contributed by atoms with Crippen molar-refractivity contribution in [3.8, 4) is 11.1 Å². The van der Waals surface area contributed by atoms with Crippen LogP contribution in [0.1, 0.15) is 11.1 Å². The number of hydrogen-bond acceptors (Lipinski definition) is 1. The number of aryl methyl sites for hydroxylation is 1. The van der Waals surface area contributed by atoms with E-state index in [4.69, 9.17) is 0 Å². The minimum absolute atomic E-state index is 0. The van der Waals surface area contributed by atoms with Crippen molar-refractivity contribution in [3.63, 3.8) is 0 Å². The van der Waals surface area contributed by atoms with Crippen molar-refractivity contribution in [2.24, 2.45) is 0 Å². The quantitative estimate of drug-likeness (QED) is 0.305. The van der Waals surface area contributed by atoms with Crippen molar-refractivity contribution >= 4 is 6.08 Å². The van der Waals surface area contributed by atoms with Crippen LogP contribution in [0, 0.1) is 6.92 Å². The molecule has 0 radical (unpaired) electrons. The molecule has 0 heterocycles. The van der Waals surface area contributed by atoms with E-state index in [1.54, 1.807) is 6.08 Å². The van der Waals surface area contributed by atoms with Crippen LogP contribution in [0.5, 0.6) is 0 Å². The molecule has 0 atom stereocenters. The Balaban J connectivity index is 0.000000198. The first-order valence-corrected chi connectivity index (χ1v) is 9.00. The molecule has 1 aliphatic carbocycles. The first-order chi connectivity index (χ1) is 13.2. The maximum absolute atomic E-state index is 11.6. The molecule has 1 aliphatic rings. The Morgan fingerprint density at radius 2 is 1.64 bits per heavy atom. The van der Waals surface area contributed by atoms with Gasteiger partial charge in [0.25, 0.3) is 0 Å². The Morgan fingerprint density at radius 3 is 2.29 bits per heavy atom. The van der Waals surface area contributed by atoms with E-state index in [0.717, 1.165) is 11.1 Å². The summed E-state index contributed by atoms with van der Waals surface area (Å²) in [4.78, 5) is 0. The average molecular weight is 406 g/mol. The summed E-state index contributed by atoms with van der Waals surface area (Å²) in [6.07, 6.45) is 10.8. The van der Waals surface area contributed by atoms with Gasteiger partial charge in [0.2, 0.25) is 0 Å². The Bertz CT molecular complexity index is 960. The van der Waals surface area contributed by atoms with Crippen LogP contribution in [0.25, 0.3) is 17.2 Å². The molecule has 0 N–H and O–H groups in total. The predicted octanol–water partition coefficient (Wildman–Crippen LogP) is 5.82. The molecule has 0 fully saturated rings. The Labute approximate surface area is 177 Å². The van der Waals surface area contributed by atoms with Gasteiger partial charge in [-0.1, -0.05) is 102 Å². The van der Waals surface area contributed by atoms with Crippen LogP contribution in [-0.4, -0.2) is 0 Å². The second kappa shape index (κ2) is 11.0. The van der Waals surface area contributed by atoms with Gasteiger partial charge in [-0.05, 0) is 18.1 Å². The standard InChI is InChI=1S/C14H12O.C12H11.Fe/c15-14(13-8-4-5-9-13)11-10-12-6-2-1-3-7-12;1-10-5-4-8-12(9-10)11-6-2-3-7-11;/h1-11,15H;2-9H,1H3;/q;-1;+2/p-1. The third kappa shape index (κ3) is 6.35. The largest absolute Gasteiger partial charge is 2.00 e. The third-order valence-electron chi connectivity index (χ3n) is 4.19. The maximum Gasteiger partial charge on any atom is 2.00 e. The minimum atomic E-state index is 0. The van der Waals surface area contributed by atoms with Crippen molar-refractivity contribution in [2.45, 2.75) is 6.92 Å². The van der Waals surface area contributed by atoms with Crippen LogP contribution in [0.2, 0.25) is 0 Å². The van der Waals surface area contributed by atoms with E-state index in [9.17, 15) is 5.11 Å². The molecule has 0 aliphatic heterocycles. The molecule has 1 nitrogen and oxygen atoms in total. The summed E-state index contributed by atoms with van der Waals surface area (Å²) >= 11 is 0. The molecule has 0 unspecified atom stereocenters. The summed E-state index contributed by atoms with van der Waals surface area (Å²) in [5, 5.41) is 11.6. The van der Waals surface area contributed by atoms with Crippen LogP contribution in [-0.2, 0) is 17.1 Å². The molecule has 0 saturated heterocycles. The molecule has 0 amide bonds. The number of allylic oxidation sites excluding steroid dienone is 6. The minimum Gasteiger partial charge on any atom is -0.872 e. The summed E-state index contributed by atoms with van der Waals surface area (Å²) < 4.78 is 0. The zero-order valence-corrected chi connectivity index (χ0v) is 16.8. The van der Waals surface area contributed by atoms with Gasteiger partial charge in [-0.15, -0.1) is 11.8 Å². The van der Waals surface area contributed by atoms with E-state index < -0.39 is 0 Å². The molecule has 0 aromatic heterocycles. The van der Waals surface area contributed by atoms with Crippen molar-refractivity contribution in [2.75, 3.05) is 0 Å². The molecular weight excluding hydrogens is 384 g/mol. The SMILES string of the molecule is Cc1cccc(-c2ccc[cH-]2)c1.[Fe+2].[O-]C(C=Cc1ccccc1)=C1C=CC=C1. The van der Waals surface area contributed by atoms with Crippen molar-refractivity contribution in [1.82, 2.24) is 0 Å². The van der Waals surface area contributed by atoms with Crippen LogP contribution < -0.4 is 5.11 Å². The average Bonchev–Trinajstić information content (AvgIpc) is 3.41. The third-order valence-corrected chi connectivity index (χ3v) is 4.19. The maximum atomic E-state index is 11.6. The van der Waals surface area contributed by atoms with Crippen molar-refractivity contribution < 1.29 is 22.2 Å². The molecular formula is C26H22FeO. The Morgan fingerprint density at radius 1 is 0.893 bits per heavy atom. The van der Waals surface area contributed by atoms with Gasteiger partial charge >= 0.3 is 17.1 Å². The van der Waals surface area contributed by atoms with E-state index in [0.29, 0.717) is 0 Å². The summed E-state index contributed by atoms with van der Waals surface area (Å²) in [6.45, 7) is 2.12. The topological polar surface area (TPSA) is 23.1 Å². The number of benzene rings is 2. The first-order valence-electron chi connectivity index (χ1n) is 9.00. The van der Waals surface area contributed by atoms with Gasteiger partial charge in [-0.2, -0.15) is 23.8 Å². The van der Waals surface area contributed by atoms with Gasteiger partial charge in [-0.3, -0.25) is 0 Å². The normalized spacial score (nSPS) is 11.8. The molecule has 3 aromatic carbocycles. The van der Waals surface area contributed by atoms with E-state index >= 15 is 0 Å². The molecule has 28 heavy (non-hydrogen) atoms. The fourth-order valence-electron chi connectivity index (χ4n) is 2.76. The molecule has 0 saturated carbocycles. The van der Waals surface area contributed by atoms with E-state index in [-0.39, 0.29) is 22.8 Å². The zero-order valence-electron chi connectivity index (χ0n) is 15.7. The van der Waals surface area contributed by atoms with Gasteiger partial charge in [0.1, 0.15) is 0 Å². The molecule has 140 valence electrons. The van der Waals surface area contributed by atoms with E-state index in [1.807, 2.05) is 60.7 Å². The number of hydrogen-bond donors (Lipinski definition) is 0. The van der Waals surface area contributed by atoms with Crippen LogP contribution in [0.3, 0.4) is 0 Å². The van der Waals surface area contributed by atoms with Gasteiger partial charge < -0.3 is 5.11 Å². The molecule has 4 rings (SSSR count). The smallest absolute Gasteiger partial charge is 0.872 e. The summed E-state index contributed by atoms with van der Waals surface area (Å²) in [7, 11) is 0. The first kappa shape index (κ1) is 21.4. The van der Waals surface area contributed by atoms with Gasteiger partial charge in [0.15, 0.2) is 0 Å². The fourth-order valence-corrected chi connectivity index (χ4v) is 2.76. The second-order valence-corrected chi connectivity index (χ2v) is 6.32. The van der Waals surface area contributed by atoms with Crippen LogP contribution in [0.4, 0.5) is 0 Å².